The van der Waals surface area contributed by atoms with E-state index in [1.807, 2.05) is 48.5 Å². The summed E-state index contributed by atoms with van der Waals surface area (Å²) in [6.45, 7) is 3.29. The first kappa shape index (κ1) is 28.4. The predicted molar refractivity (Wildman–Crippen MR) is 141 cm³/mol. The van der Waals surface area contributed by atoms with E-state index in [2.05, 4.69) is 10.2 Å². The zero-order valence-corrected chi connectivity index (χ0v) is 21.6. The molecule has 2 aliphatic heterocycles. The lowest BCUT2D eigenvalue weighted by Gasteiger charge is -2.31. The van der Waals surface area contributed by atoms with Crippen molar-refractivity contribution in [2.24, 2.45) is 0 Å². The molecular weight excluding hydrogens is 498 g/mol. The Morgan fingerprint density at radius 2 is 1.76 bits per heavy atom. The van der Waals surface area contributed by atoms with E-state index in [1.165, 1.54) is 5.56 Å². The average molecular weight is 532 g/mol. The third kappa shape index (κ3) is 8.73. The fourth-order valence-corrected chi connectivity index (χ4v) is 4.54. The lowest BCUT2D eigenvalue weighted by molar-refractivity contribution is -0.137. The Labute approximate surface area is 223 Å². The van der Waals surface area contributed by atoms with Gasteiger partial charge in [0, 0.05) is 38.4 Å². The van der Waals surface area contributed by atoms with Crippen LogP contribution in [0.25, 0.3) is 0 Å². The van der Waals surface area contributed by atoms with Crippen molar-refractivity contribution in [1.29, 1.82) is 0 Å². The van der Waals surface area contributed by atoms with Gasteiger partial charge in [0.05, 0.1) is 12.5 Å². The summed E-state index contributed by atoms with van der Waals surface area (Å²) in [5, 5.41) is 11.8. The van der Waals surface area contributed by atoms with E-state index in [0.717, 1.165) is 24.1 Å². The molecule has 1 saturated heterocycles. The molecular formula is C27H34ClN3O6. The predicted octanol–water partition coefficient (Wildman–Crippen LogP) is 3.70. The molecule has 2 aliphatic rings. The van der Waals surface area contributed by atoms with E-state index in [-0.39, 0.29) is 50.1 Å². The molecule has 2 aromatic carbocycles. The highest BCUT2D eigenvalue weighted by molar-refractivity contribution is 5.91. The molecule has 0 bridgehead atoms. The van der Waals surface area contributed by atoms with E-state index < -0.39 is 5.97 Å². The Hall–Kier alpha value is -3.14. The Kier molecular flexibility index (Phi) is 10.7. The monoisotopic (exact) mass is 531 g/mol. The van der Waals surface area contributed by atoms with Gasteiger partial charge in [-0.25, -0.2) is 4.79 Å². The molecule has 0 spiro atoms. The topological polar surface area (TPSA) is 108 Å². The number of amides is 2. The second-order valence-corrected chi connectivity index (χ2v) is 9.24. The number of ether oxygens (including phenoxy) is 2. The van der Waals surface area contributed by atoms with Crippen LogP contribution >= 0.6 is 12.4 Å². The van der Waals surface area contributed by atoms with E-state index in [4.69, 9.17) is 14.6 Å². The first-order chi connectivity index (χ1) is 17.5. The van der Waals surface area contributed by atoms with Gasteiger partial charge in [0.15, 0.2) is 0 Å². The highest BCUT2D eigenvalue weighted by Crippen LogP contribution is 2.23. The van der Waals surface area contributed by atoms with Crippen LogP contribution in [0.2, 0.25) is 0 Å². The minimum absolute atomic E-state index is 0. The molecule has 200 valence electrons. The Bertz CT molecular complexity index is 1060. The molecule has 2 amide bonds. The standard InChI is InChI=1S/C27H33N3O6.ClH/c31-25(28-23-7-6-21-8-12-29(13-11-26(32)33)17-22(21)16-23)19-35-24-9-14-30(15-10-24)27(34)36-18-20-4-2-1-3-5-20;/h1-7,16,24H,8-15,17-19H2,(H,28,31)(H,32,33);1H. The fourth-order valence-electron chi connectivity index (χ4n) is 4.54. The normalized spacial score (nSPS) is 15.8. The second-order valence-electron chi connectivity index (χ2n) is 9.24. The van der Waals surface area contributed by atoms with Gasteiger partial charge in [-0.15, -0.1) is 12.4 Å². The summed E-state index contributed by atoms with van der Waals surface area (Å²) in [6, 6.07) is 15.4. The third-order valence-electron chi connectivity index (χ3n) is 6.58. The van der Waals surface area contributed by atoms with Gasteiger partial charge in [-0.2, -0.15) is 0 Å². The molecule has 2 N–H and O–H groups in total. The number of anilines is 1. The van der Waals surface area contributed by atoms with Crippen molar-refractivity contribution in [3.05, 3.63) is 65.2 Å². The summed E-state index contributed by atoms with van der Waals surface area (Å²) >= 11 is 0. The van der Waals surface area contributed by atoms with Gasteiger partial charge >= 0.3 is 12.1 Å². The van der Waals surface area contributed by atoms with Gasteiger partial charge in [0.2, 0.25) is 5.91 Å². The maximum Gasteiger partial charge on any atom is 0.410 e. The quantitative estimate of drug-likeness (QED) is 0.508. The Morgan fingerprint density at radius 3 is 2.49 bits per heavy atom. The lowest BCUT2D eigenvalue weighted by atomic mass is 9.99. The molecule has 2 heterocycles. The first-order valence-corrected chi connectivity index (χ1v) is 12.4. The zero-order valence-electron chi connectivity index (χ0n) is 20.8. The van der Waals surface area contributed by atoms with Gasteiger partial charge in [0.25, 0.3) is 0 Å². The molecule has 0 radical (unpaired) electrons. The van der Waals surface area contributed by atoms with Gasteiger partial charge in [0.1, 0.15) is 13.2 Å². The van der Waals surface area contributed by atoms with Crippen molar-refractivity contribution in [1.82, 2.24) is 9.80 Å². The number of carbonyl (C=O) groups excluding carboxylic acids is 2. The third-order valence-corrected chi connectivity index (χ3v) is 6.58. The maximum absolute atomic E-state index is 12.5. The Balaban J connectivity index is 0.00000380. The summed E-state index contributed by atoms with van der Waals surface area (Å²) in [7, 11) is 0. The number of benzene rings is 2. The van der Waals surface area contributed by atoms with Crippen LogP contribution in [0.4, 0.5) is 10.5 Å². The number of piperidine rings is 1. The van der Waals surface area contributed by atoms with Gasteiger partial charge in [-0.05, 0) is 48.1 Å². The molecule has 2 aromatic rings. The van der Waals surface area contributed by atoms with Crippen molar-refractivity contribution < 1.29 is 29.0 Å². The SMILES string of the molecule is Cl.O=C(O)CCN1CCc2ccc(NC(=O)COC3CCN(C(=O)OCc4ccccc4)CC3)cc2C1. The smallest absolute Gasteiger partial charge is 0.410 e. The number of fused-ring (bicyclic) bond motifs is 1. The number of carbonyl (C=O) groups is 3. The maximum atomic E-state index is 12.5. The largest absolute Gasteiger partial charge is 0.481 e. The van der Waals surface area contributed by atoms with Gasteiger partial charge in [-0.1, -0.05) is 36.4 Å². The van der Waals surface area contributed by atoms with Crippen molar-refractivity contribution in [3.63, 3.8) is 0 Å². The molecule has 9 nitrogen and oxygen atoms in total. The molecule has 1 fully saturated rings. The van der Waals surface area contributed by atoms with Crippen LogP contribution in [0.15, 0.2) is 48.5 Å². The van der Waals surface area contributed by atoms with Gasteiger partial charge in [-0.3, -0.25) is 14.5 Å². The molecule has 0 atom stereocenters. The number of rotatable bonds is 9. The number of nitrogens with one attached hydrogen (secondary N) is 1. The fraction of sp³-hybridized carbons (Fsp3) is 0.444. The number of carboxylic acids is 1. The van der Waals surface area contributed by atoms with E-state index >= 15 is 0 Å². The molecule has 0 aromatic heterocycles. The zero-order chi connectivity index (χ0) is 25.3. The minimum Gasteiger partial charge on any atom is -0.481 e. The molecule has 37 heavy (non-hydrogen) atoms. The summed E-state index contributed by atoms with van der Waals surface area (Å²) < 4.78 is 11.2. The summed E-state index contributed by atoms with van der Waals surface area (Å²) in [6.07, 6.45) is 1.88. The average Bonchev–Trinajstić information content (AvgIpc) is 2.90. The van der Waals surface area contributed by atoms with Crippen molar-refractivity contribution in [3.8, 4) is 0 Å². The van der Waals surface area contributed by atoms with Crippen LogP contribution in [-0.4, -0.2) is 71.8 Å². The number of carboxylic acid groups (broad SMARTS) is 1. The van der Waals surface area contributed by atoms with E-state index in [1.54, 1.807) is 4.90 Å². The molecule has 0 aliphatic carbocycles. The summed E-state index contributed by atoms with van der Waals surface area (Å²) in [5.74, 6) is -1.02. The van der Waals surface area contributed by atoms with Crippen LogP contribution in [0, 0.1) is 0 Å². The molecule has 0 saturated carbocycles. The molecule has 4 rings (SSSR count). The minimum atomic E-state index is -0.796. The number of hydrogen-bond donors (Lipinski definition) is 2. The number of nitrogens with zero attached hydrogens (tertiary/aromatic N) is 2. The lowest BCUT2D eigenvalue weighted by Crippen LogP contribution is -2.41. The van der Waals surface area contributed by atoms with E-state index in [0.29, 0.717) is 44.7 Å². The highest BCUT2D eigenvalue weighted by atomic mass is 35.5. The van der Waals surface area contributed by atoms with E-state index in [9.17, 15) is 14.4 Å². The summed E-state index contributed by atoms with van der Waals surface area (Å²) in [4.78, 5) is 39.4. The van der Waals surface area contributed by atoms with Crippen LogP contribution in [0.5, 0.6) is 0 Å². The van der Waals surface area contributed by atoms with Crippen LogP contribution in [0.1, 0.15) is 36.0 Å². The van der Waals surface area contributed by atoms with Crippen molar-refractivity contribution in [2.75, 3.05) is 38.1 Å². The number of hydrogen-bond acceptors (Lipinski definition) is 6. The number of likely N-dealkylation sites (tertiary alicyclic amines) is 1. The molecule has 0 unspecified atom stereocenters. The van der Waals surface area contributed by atoms with Gasteiger partial charge < -0.3 is 24.8 Å². The van der Waals surface area contributed by atoms with Crippen LogP contribution < -0.4 is 5.32 Å². The Morgan fingerprint density at radius 1 is 1.00 bits per heavy atom. The highest BCUT2D eigenvalue weighted by Gasteiger charge is 2.25. The van der Waals surface area contributed by atoms with Crippen LogP contribution in [0.3, 0.4) is 0 Å². The second kappa shape index (κ2) is 14.0. The number of halogens is 1. The number of aliphatic carboxylic acids is 1. The van der Waals surface area contributed by atoms with Crippen LogP contribution in [-0.2, 0) is 38.6 Å². The first-order valence-electron chi connectivity index (χ1n) is 12.4. The van der Waals surface area contributed by atoms with Crippen molar-refractivity contribution in [2.45, 2.75) is 44.9 Å². The molecule has 10 heteroatoms. The summed E-state index contributed by atoms with van der Waals surface area (Å²) in [5.41, 5.74) is 3.99. The van der Waals surface area contributed by atoms with Crippen molar-refractivity contribution >= 4 is 36.1 Å².